The first-order chi connectivity index (χ1) is 17.4. The summed E-state index contributed by atoms with van der Waals surface area (Å²) in [5, 5.41) is -5.95. The number of rotatable bonds is 10. The number of carbonyl (C=O) groups is 2. The lowest BCUT2D eigenvalue weighted by Crippen LogP contribution is -2.62. The van der Waals surface area contributed by atoms with Crippen LogP contribution in [0.5, 0.6) is 0 Å². The van der Waals surface area contributed by atoms with Crippen molar-refractivity contribution >= 4 is 22.1 Å². The lowest BCUT2D eigenvalue weighted by Gasteiger charge is -2.55. The van der Waals surface area contributed by atoms with E-state index in [0.717, 1.165) is 19.3 Å². The minimum atomic E-state index is -6.57. The van der Waals surface area contributed by atoms with Crippen LogP contribution in [0.2, 0.25) is 0 Å². The summed E-state index contributed by atoms with van der Waals surface area (Å²) in [5.74, 6) is -13.1. The third-order valence-electron chi connectivity index (χ3n) is 7.44. The van der Waals surface area contributed by atoms with Crippen LogP contribution < -0.4 is 0 Å². The maximum absolute atomic E-state index is 14.5. The van der Waals surface area contributed by atoms with Gasteiger partial charge < -0.3 is 14.2 Å². The van der Waals surface area contributed by atoms with Gasteiger partial charge in [0.15, 0.2) is 0 Å². The second kappa shape index (κ2) is 10.00. The average molecular weight is 601 g/mol. The van der Waals surface area contributed by atoms with Gasteiger partial charge in [0.2, 0.25) is 0 Å². The molecule has 8 nitrogen and oxygen atoms in total. The normalized spacial score (nSPS) is 29.2. The molecule has 0 saturated heterocycles. The highest BCUT2D eigenvalue weighted by atomic mass is 32.2. The molecule has 0 spiro atoms. The second-order valence-electron chi connectivity index (χ2n) is 11.9. The van der Waals surface area contributed by atoms with Gasteiger partial charge in [-0.3, -0.25) is 9.35 Å². The molecule has 1 unspecified atom stereocenters. The van der Waals surface area contributed by atoms with E-state index in [0.29, 0.717) is 0 Å². The largest absolute Gasteiger partial charge is 0.468 e. The molecule has 1 N–H and O–H groups in total. The fraction of sp³-hybridized carbons (Fsp3) is 0.913. The van der Waals surface area contributed by atoms with Crippen molar-refractivity contribution in [3.8, 4) is 0 Å². The molecule has 16 heteroatoms. The molecule has 1 atom stereocenters. The zero-order valence-electron chi connectivity index (χ0n) is 21.5. The first-order valence-electron chi connectivity index (χ1n) is 12.3. The van der Waals surface area contributed by atoms with Gasteiger partial charge in [0.1, 0.15) is 5.60 Å². The Kier molecular flexibility index (Phi) is 8.16. The summed E-state index contributed by atoms with van der Waals surface area (Å²) >= 11 is 0. The third kappa shape index (κ3) is 6.16. The fourth-order valence-corrected chi connectivity index (χ4v) is 6.65. The predicted octanol–water partition coefficient (Wildman–Crippen LogP) is 5.26. The van der Waals surface area contributed by atoms with Gasteiger partial charge in [-0.05, 0) is 83.5 Å². The Labute approximate surface area is 220 Å². The average Bonchev–Trinajstić information content (AvgIpc) is 2.71. The molecule has 4 aliphatic rings. The van der Waals surface area contributed by atoms with Crippen molar-refractivity contribution in [2.24, 2.45) is 23.2 Å². The van der Waals surface area contributed by atoms with E-state index in [1.807, 2.05) is 0 Å². The van der Waals surface area contributed by atoms with E-state index in [2.05, 4.69) is 4.74 Å². The molecule has 226 valence electrons. The van der Waals surface area contributed by atoms with Crippen molar-refractivity contribution in [2.45, 2.75) is 101 Å². The van der Waals surface area contributed by atoms with Crippen LogP contribution in [-0.4, -0.2) is 60.3 Å². The van der Waals surface area contributed by atoms with E-state index < -0.39 is 75.7 Å². The maximum Gasteiger partial charge on any atom is 0.468 e. The molecule has 39 heavy (non-hydrogen) atoms. The van der Waals surface area contributed by atoms with Crippen LogP contribution in [0.15, 0.2) is 0 Å². The lowest BCUT2D eigenvalue weighted by molar-refractivity contribution is -0.361. The highest BCUT2D eigenvalue weighted by Gasteiger charge is 2.70. The van der Waals surface area contributed by atoms with E-state index in [1.165, 1.54) is 20.8 Å². The minimum Gasteiger partial charge on any atom is -0.455 e. The zero-order chi connectivity index (χ0) is 29.9. The molecule has 0 aromatic rings. The Morgan fingerprint density at radius 1 is 0.872 bits per heavy atom. The summed E-state index contributed by atoms with van der Waals surface area (Å²) in [6.45, 7) is 2.14. The molecule has 0 radical (unpaired) electrons. The molecule has 0 heterocycles. The van der Waals surface area contributed by atoms with Gasteiger partial charge in [0.25, 0.3) is 0 Å². The fourth-order valence-electron chi connectivity index (χ4n) is 6.17. The Balaban J connectivity index is 1.86. The topological polar surface area (TPSA) is 116 Å². The molecular formula is C23H31F7O8S. The summed E-state index contributed by atoms with van der Waals surface area (Å²) in [7, 11) is -6.57. The number of esters is 2. The predicted molar refractivity (Wildman–Crippen MR) is 118 cm³/mol. The standard InChI is InChI=1S/C23H31F7O8S/c1-18(2,3)37-17(32)21(22(26,27)28,36-6-4-5-20(24,25)23(29,30)39(33,34)35)38-16(31)19-10-13-7-14(11-19)9-15(8-13)12-19/h13-15H,4-12H2,1-3H3,(H,33,34,35). The van der Waals surface area contributed by atoms with Crippen LogP contribution in [0.4, 0.5) is 30.7 Å². The SMILES string of the molecule is CC(C)(C)OC(=O)C(OCCCC(F)(F)C(F)(F)S(=O)(=O)O)(OC(=O)C12CC3CC(CC(C3)C1)C2)C(F)(F)F. The Morgan fingerprint density at radius 2 is 1.33 bits per heavy atom. The van der Waals surface area contributed by atoms with Gasteiger partial charge in [-0.1, -0.05) is 0 Å². The van der Waals surface area contributed by atoms with Gasteiger partial charge in [-0.2, -0.15) is 39.2 Å². The number of hydrogen-bond acceptors (Lipinski definition) is 7. The molecule has 4 bridgehead atoms. The van der Waals surface area contributed by atoms with Crippen molar-refractivity contribution < 1.29 is 67.5 Å². The monoisotopic (exact) mass is 600 g/mol. The van der Waals surface area contributed by atoms with Crippen LogP contribution in [0.25, 0.3) is 0 Å². The highest BCUT2D eigenvalue weighted by Crippen LogP contribution is 2.61. The van der Waals surface area contributed by atoms with Crippen molar-refractivity contribution in [1.82, 2.24) is 0 Å². The quantitative estimate of drug-likeness (QED) is 0.119. The lowest BCUT2D eigenvalue weighted by atomic mass is 9.49. The third-order valence-corrected chi connectivity index (χ3v) is 8.39. The molecule has 0 amide bonds. The van der Waals surface area contributed by atoms with Gasteiger partial charge in [0, 0.05) is 6.42 Å². The highest BCUT2D eigenvalue weighted by molar-refractivity contribution is 7.87. The molecule has 0 aromatic heterocycles. The van der Waals surface area contributed by atoms with Gasteiger partial charge in [-0.15, -0.1) is 0 Å². The van der Waals surface area contributed by atoms with E-state index in [-0.39, 0.29) is 37.0 Å². The Hall–Kier alpha value is -1.68. The van der Waals surface area contributed by atoms with E-state index in [4.69, 9.17) is 14.0 Å². The molecule has 0 aromatic carbocycles. The van der Waals surface area contributed by atoms with Crippen molar-refractivity contribution in [3.05, 3.63) is 0 Å². The number of alkyl halides is 7. The van der Waals surface area contributed by atoms with Crippen LogP contribution in [0.1, 0.15) is 72.1 Å². The molecule has 4 aliphatic carbocycles. The smallest absolute Gasteiger partial charge is 0.455 e. The van der Waals surface area contributed by atoms with E-state index in [9.17, 15) is 48.7 Å². The molecule has 4 rings (SSSR count). The van der Waals surface area contributed by atoms with Crippen LogP contribution in [0, 0.1) is 23.2 Å². The minimum absolute atomic E-state index is 0.0956. The van der Waals surface area contributed by atoms with Crippen molar-refractivity contribution in [2.75, 3.05) is 6.61 Å². The summed E-state index contributed by atoms with van der Waals surface area (Å²) in [6.07, 6.45) is -6.00. The second-order valence-corrected chi connectivity index (χ2v) is 13.3. The molecule has 4 saturated carbocycles. The van der Waals surface area contributed by atoms with Crippen molar-refractivity contribution in [3.63, 3.8) is 0 Å². The summed E-state index contributed by atoms with van der Waals surface area (Å²) in [4.78, 5) is 26.2. The first kappa shape index (κ1) is 31.8. The van der Waals surface area contributed by atoms with Gasteiger partial charge in [-0.25, -0.2) is 4.79 Å². The summed E-state index contributed by atoms with van der Waals surface area (Å²) in [6, 6.07) is 0. The van der Waals surface area contributed by atoms with E-state index in [1.54, 1.807) is 0 Å². The molecular weight excluding hydrogens is 569 g/mol. The summed E-state index contributed by atoms with van der Waals surface area (Å²) < 4.78 is 142. The maximum atomic E-state index is 14.5. The van der Waals surface area contributed by atoms with Crippen LogP contribution in [0.3, 0.4) is 0 Å². The Bertz CT molecular complexity index is 1030. The first-order valence-corrected chi connectivity index (χ1v) is 13.8. The number of ether oxygens (including phenoxy) is 3. The van der Waals surface area contributed by atoms with Gasteiger partial charge in [0.05, 0.1) is 12.0 Å². The Morgan fingerprint density at radius 3 is 1.72 bits per heavy atom. The van der Waals surface area contributed by atoms with Gasteiger partial charge >= 0.3 is 45.2 Å². The van der Waals surface area contributed by atoms with Crippen molar-refractivity contribution in [1.29, 1.82) is 0 Å². The van der Waals surface area contributed by atoms with E-state index >= 15 is 0 Å². The molecule has 0 aliphatic heterocycles. The number of halogens is 7. The molecule has 4 fully saturated rings. The number of carbonyl (C=O) groups excluding carboxylic acids is 2. The number of hydrogen-bond donors (Lipinski definition) is 1. The summed E-state index contributed by atoms with van der Waals surface area (Å²) in [5.41, 5.74) is -2.85. The van der Waals surface area contributed by atoms with Crippen LogP contribution >= 0.6 is 0 Å². The zero-order valence-corrected chi connectivity index (χ0v) is 22.3. The van der Waals surface area contributed by atoms with Crippen LogP contribution in [-0.2, 0) is 33.9 Å².